The van der Waals surface area contributed by atoms with Crippen LogP contribution in [-0.2, 0) is 37.3 Å². The van der Waals surface area contributed by atoms with Crippen molar-refractivity contribution in [3.8, 4) is 0 Å². The molecule has 0 spiro atoms. The number of aryl methyl sites for hydroxylation is 2. The lowest BCUT2D eigenvalue weighted by molar-refractivity contribution is -0.131. The SMILES string of the molecule is CCn1nc(CO)c2c1CCN(C(=O)Cc1cc(C)no1)C2. The summed E-state index contributed by atoms with van der Waals surface area (Å²) in [7, 11) is 0. The summed E-state index contributed by atoms with van der Waals surface area (Å²) in [6.45, 7) is 5.69. The van der Waals surface area contributed by atoms with Crippen molar-refractivity contribution < 1.29 is 14.4 Å². The largest absolute Gasteiger partial charge is 0.390 e. The summed E-state index contributed by atoms with van der Waals surface area (Å²) in [5.74, 6) is 0.592. The molecule has 3 rings (SSSR count). The number of nitrogens with zero attached hydrogens (tertiary/aromatic N) is 4. The number of fused-ring (bicyclic) bond motifs is 1. The maximum atomic E-state index is 12.4. The molecule has 0 aliphatic carbocycles. The second-order valence-corrected chi connectivity index (χ2v) is 5.52. The van der Waals surface area contributed by atoms with Gasteiger partial charge < -0.3 is 14.5 Å². The van der Waals surface area contributed by atoms with Crippen molar-refractivity contribution in [1.29, 1.82) is 0 Å². The van der Waals surface area contributed by atoms with E-state index in [1.165, 1.54) is 0 Å². The molecule has 0 fully saturated rings. The van der Waals surface area contributed by atoms with Crippen LogP contribution in [0, 0.1) is 6.92 Å². The predicted octanol–water partition coefficient (Wildman–Crippen LogP) is 0.819. The molecule has 0 bridgehead atoms. The highest BCUT2D eigenvalue weighted by molar-refractivity contribution is 5.78. The van der Waals surface area contributed by atoms with Crippen molar-refractivity contribution in [3.05, 3.63) is 34.5 Å². The molecule has 118 valence electrons. The van der Waals surface area contributed by atoms with Crippen molar-refractivity contribution in [1.82, 2.24) is 19.8 Å². The molecule has 7 heteroatoms. The van der Waals surface area contributed by atoms with Crippen LogP contribution < -0.4 is 0 Å². The maximum Gasteiger partial charge on any atom is 0.230 e. The Hall–Kier alpha value is -2.15. The zero-order valence-corrected chi connectivity index (χ0v) is 12.9. The number of carbonyl (C=O) groups is 1. The van der Waals surface area contributed by atoms with Crippen LogP contribution in [0.15, 0.2) is 10.6 Å². The van der Waals surface area contributed by atoms with Crippen LogP contribution in [0.25, 0.3) is 0 Å². The molecular weight excluding hydrogens is 284 g/mol. The third-order valence-corrected chi connectivity index (χ3v) is 4.02. The van der Waals surface area contributed by atoms with Gasteiger partial charge in [0, 0.05) is 43.4 Å². The minimum absolute atomic E-state index is 0.00920. The quantitative estimate of drug-likeness (QED) is 0.904. The van der Waals surface area contributed by atoms with Gasteiger partial charge in [0.1, 0.15) is 5.76 Å². The van der Waals surface area contributed by atoms with Crippen LogP contribution in [-0.4, -0.2) is 37.4 Å². The average molecular weight is 304 g/mol. The first kappa shape index (κ1) is 14.8. The Morgan fingerprint density at radius 1 is 1.50 bits per heavy atom. The fourth-order valence-corrected chi connectivity index (χ4v) is 2.92. The molecule has 0 aromatic carbocycles. The van der Waals surface area contributed by atoms with Crippen molar-refractivity contribution in [3.63, 3.8) is 0 Å². The summed E-state index contributed by atoms with van der Waals surface area (Å²) in [4.78, 5) is 14.2. The number of amides is 1. The van der Waals surface area contributed by atoms with Gasteiger partial charge in [-0.1, -0.05) is 5.16 Å². The molecule has 0 radical (unpaired) electrons. The van der Waals surface area contributed by atoms with Gasteiger partial charge >= 0.3 is 0 Å². The van der Waals surface area contributed by atoms with Crippen molar-refractivity contribution >= 4 is 5.91 Å². The third kappa shape index (κ3) is 2.64. The lowest BCUT2D eigenvalue weighted by atomic mass is 10.0. The summed E-state index contributed by atoms with van der Waals surface area (Å²) < 4.78 is 7.03. The van der Waals surface area contributed by atoms with Gasteiger partial charge in [-0.15, -0.1) is 0 Å². The van der Waals surface area contributed by atoms with E-state index in [9.17, 15) is 9.90 Å². The summed E-state index contributed by atoms with van der Waals surface area (Å²) >= 11 is 0. The van der Waals surface area contributed by atoms with Crippen LogP contribution in [0.3, 0.4) is 0 Å². The number of aromatic nitrogens is 3. The number of hydrogen-bond donors (Lipinski definition) is 1. The molecule has 2 aromatic rings. The lowest BCUT2D eigenvalue weighted by Gasteiger charge is -2.27. The van der Waals surface area contributed by atoms with Crippen molar-refractivity contribution in [2.24, 2.45) is 0 Å². The van der Waals surface area contributed by atoms with Gasteiger partial charge in [-0.05, 0) is 13.8 Å². The number of carbonyl (C=O) groups excluding carboxylic acids is 1. The zero-order valence-electron chi connectivity index (χ0n) is 12.9. The minimum Gasteiger partial charge on any atom is -0.390 e. The highest BCUT2D eigenvalue weighted by Gasteiger charge is 2.27. The summed E-state index contributed by atoms with van der Waals surface area (Å²) in [5, 5.41) is 17.7. The maximum absolute atomic E-state index is 12.4. The van der Waals surface area contributed by atoms with Gasteiger partial charge in [-0.3, -0.25) is 9.48 Å². The molecule has 0 unspecified atom stereocenters. The Kier molecular flexibility index (Phi) is 3.98. The van der Waals surface area contributed by atoms with E-state index in [-0.39, 0.29) is 18.9 Å². The number of rotatable bonds is 4. The van der Waals surface area contributed by atoms with E-state index < -0.39 is 0 Å². The summed E-state index contributed by atoms with van der Waals surface area (Å²) in [6.07, 6.45) is 0.976. The topological polar surface area (TPSA) is 84.4 Å². The average Bonchev–Trinajstić information content (AvgIpc) is 3.09. The molecule has 2 aromatic heterocycles. The molecule has 22 heavy (non-hydrogen) atoms. The Bertz CT molecular complexity index is 689. The van der Waals surface area contributed by atoms with E-state index in [4.69, 9.17) is 4.52 Å². The summed E-state index contributed by atoms with van der Waals surface area (Å²) in [5.41, 5.74) is 3.56. The lowest BCUT2D eigenvalue weighted by Crippen LogP contribution is -2.37. The van der Waals surface area contributed by atoms with Crippen LogP contribution in [0.4, 0.5) is 0 Å². The molecule has 1 aliphatic heterocycles. The normalized spacial score (nSPS) is 14.2. The van der Waals surface area contributed by atoms with Gasteiger partial charge in [-0.2, -0.15) is 5.10 Å². The fourth-order valence-electron chi connectivity index (χ4n) is 2.92. The molecule has 0 saturated carbocycles. The van der Waals surface area contributed by atoms with Gasteiger partial charge in [0.05, 0.1) is 24.4 Å². The number of aliphatic hydroxyl groups is 1. The fraction of sp³-hybridized carbons (Fsp3) is 0.533. The number of aliphatic hydroxyl groups excluding tert-OH is 1. The summed E-state index contributed by atoms with van der Waals surface area (Å²) in [6, 6.07) is 1.78. The van der Waals surface area contributed by atoms with Crippen LogP contribution in [0.5, 0.6) is 0 Å². The highest BCUT2D eigenvalue weighted by Crippen LogP contribution is 2.23. The van der Waals surface area contributed by atoms with Crippen molar-refractivity contribution in [2.75, 3.05) is 6.54 Å². The zero-order chi connectivity index (χ0) is 15.7. The van der Waals surface area contributed by atoms with Crippen LogP contribution >= 0.6 is 0 Å². The first-order valence-corrected chi connectivity index (χ1v) is 7.50. The minimum atomic E-state index is -0.0985. The second-order valence-electron chi connectivity index (χ2n) is 5.52. The smallest absolute Gasteiger partial charge is 0.230 e. The Balaban J connectivity index is 1.76. The molecular formula is C15H20N4O3. The molecule has 0 saturated heterocycles. The Morgan fingerprint density at radius 2 is 2.32 bits per heavy atom. The first-order valence-electron chi connectivity index (χ1n) is 7.50. The molecule has 1 amide bonds. The standard InChI is InChI=1S/C15H20N4O3/c1-3-19-14-4-5-18(8-12(14)13(9-20)16-19)15(21)7-11-6-10(2)17-22-11/h6,20H,3-5,7-9H2,1-2H3. The van der Waals surface area contributed by atoms with E-state index in [0.29, 0.717) is 24.5 Å². The van der Waals surface area contributed by atoms with Gasteiger partial charge in [-0.25, -0.2) is 0 Å². The van der Waals surface area contributed by atoms with E-state index in [1.807, 2.05) is 18.5 Å². The van der Waals surface area contributed by atoms with E-state index in [2.05, 4.69) is 10.3 Å². The molecule has 0 atom stereocenters. The number of hydrogen-bond acceptors (Lipinski definition) is 5. The Morgan fingerprint density at radius 3 is 2.95 bits per heavy atom. The third-order valence-electron chi connectivity index (χ3n) is 4.02. The van der Waals surface area contributed by atoms with Crippen molar-refractivity contribution in [2.45, 2.75) is 46.4 Å². The van der Waals surface area contributed by atoms with Gasteiger partial charge in [0.15, 0.2) is 0 Å². The molecule has 1 N–H and O–H groups in total. The highest BCUT2D eigenvalue weighted by atomic mass is 16.5. The monoisotopic (exact) mass is 304 g/mol. The van der Waals surface area contributed by atoms with E-state index in [1.54, 1.807) is 11.0 Å². The van der Waals surface area contributed by atoms with Gasteiger partial charge in [0.2, 0.25) is 5.91 Å². The van der Waals surface area contributed by atoms with E-state index in [0.717, 1.165) is 29.9 Å². The predicted molar refractivity (Wildman–Crippen MR) is 77.9 cm³/mol. The first-order chi connectivity index (χ1) is 10.6. The Labute approximate surface area is 128 Å². The van der Waals surface area contributed by atoms with Crippen LogP contribution in [0.1, 0.15) is 35.3 Å². The molecule has 1 aliphatic rings. The van der Waals surface area contributed by atoms with Gasteiger partial charge in [0.25, 0.3) is 0 Å². The second kappa shape index (κ2) is 5.92. The van der Waals surface area contributed by atoms with Crippen LogP contribution in [0.2, 0.25) is 0 Å². The van der Waals surface area contributed by atoms with E-state index >= 15 is 0 Å². The molecule has 3 heterocycles. The molecule has 7 nitrogen and oxygen atoms in total.